The molecule has 0 fully saturated rings. The van der Waals surface area contributed by atoms with Crippen molar-refractivity contribution in [2.75, 3.05) is 0 Å². The van der Waals surface area contributed by atoms with Crippen LogP contribution in [0.25, 0.3) is 22.3 Å². The van der Waals surface area contributed by atoms with E-state index in [2.05, 4.69) is 4.98 Å². The Kier molecular flexibility index (Phi) is 4.09. The molecular formula is C19H21N3O2. The molecule has 0 unspecified atom stereocenters. The van der Waals surface area contributed by atoms with Crippen LogP contribution in [0.5, 0.6) is 0 Å². The van der Waals surface area contributed by atoms with Crippen LogP contribution in [0.3, 0.4) is 0 Å². The van der Waals surface area contributed by atoms with Crippen molar-refractivity contribution in [2.45, 2.75) is 27.3 Å². The fraction of sp³-hybridized carbons (Fsp3) is 0.316. The monoisotopic (exact) mass is 323 g/mol. The van der Waals surface area contributed by atoms with Gasteiger partial charge in [0.2, 0.25) is 0 Å². The number of hydrogen-bond acceptors (Lipinski definition) is 3. The summed E-state index contributed by atoms with van der Waals surface area (Å²) in [6.45, 7) is 6.49. The van der Waals surface area contributed by atoms with Gasteiger partial charge in [0.25, 0.3) is 5.56 Å². The lowest BCUT2D eigenvalue weighted by atomic mass is 10.1. The highest BCUT2D eigenvalue weighted by Crippen LogP contribution is 2.22. The summed E-state index contributed by atoms with van der Waals surface area (Å²) in [7, 11) is 1.52. The third kappa shape index (κ3) is 2.66. The van der Waals surface area contributed by atoms with Gasteiger partial charge in [-0.15, -0.1) is 0 Å². The van der Waals surface area contributed by atoms with Crippen LogP contribution in [-0.2, 0) is 13.6 Å². The van der Waals surface area contributed by atoms with Gasteiger partial charge >= 0.3 is 5.69 Å². The molecule has 0 amide bonds. The number of aryl methyl sites for hydroxylation is 1. The quantitative estimate of drug-likeness (QED) is 0.745. The Morgan fingerprint density at radius 3 is 2.42 bits per heavy atom. The minimum Gasteiger partial charge on any atom is -0.277 e. The molecule has 124 valence electrons. The predicted octanol–water partition coefficient (Wildman–Crippen LogP) is 2.73. The Hall–Kier alpha value is -2.69. The zero-order valence-corrected chi connectivity index (χ0v) is 14.4. The van der Waals surface area contributed by atoms with Crippen LogP contribution < -0.4 is 11.2 Å². The van der Waals surface area contributed by atoms with Crippen molar-refractivity contribution < 1.29 is 0 Å². The maximum atomic E-state index is 12.6. The van der Waals surface area contributed by atoms with Crippen molar-refractivity contribution >= 4 is 11.0 Å². The zero-order valence-electron chi connectivity index (χ0n) is 14.4. The minimum atomic E-state index is -0.321. The van der Waals surface area contributed by atoms with E-state index in [1.165, 1.54) is 11.6 Å². The van der Waals surface area contributed by atoms with E-state index in [9.17, 15) is 9.59 Å². The minimum absolute atomic E-state index is 0.269. The Balaban J connectivity index is 2.42. The lowest BCUT2D eigenvalue weighted by molar-refractivity contribution is 0.499. The first-order chi connectivity index (χ1) is 11.4. The van der Waals surface area contributed by atoms with Gasteiger partial charge in [0.1, 0.15) is 0 Å². The van der Waals surface area contributed by atoms with Gasteiger partial charge in [0.15, 0.2) is 5.65 Å². The molecule has 1 aromatic carbocycles. The first-order valence-corrected chi connectivity index (χ1v) is 8.06. The first-order valence-electron chi connectivity index (χ1n) is 8.06. The number of rotatable bonds is 3. The topological polar surface area (TPSA) is 56.9 Å². The Labute approximate surface area is 140 Å². The van der Waals surface area contributed by atoms with E-state index in [0.29, 0.717) is 17.6 Å². The van der Waals surface area contributed by atoms with Crippen LogP contribution in [0.15, 0.2) is 46.0 Å². The Morgan fingerprint density at radius 1 is 1.12 bits per heavy atom. The summed E-state index contributed by atoms with van der Waals surface area (Å²) in [6, 6.07) is 11.7. The average Bonchev–Trinajstić information content (AvgIpc) is 2.56. The molecule has 3 rings (SSSR count). The van der Waals surface area contributed by atoms with Gasteiger partial charge in [-0.05, 0) is 24.5 Å². The summed E-state index contributed by atoms with van der Waals surface area (Å²) >= 11 is 0. The lowest BCUT2D eigenvalue weighted by Crippen LogP contribution is -2.39. The van der Waals surface area contributed by atoms with Crippen molar-refractivity contribution in [2.24, 2.45) is 13.0 Å². The van der Waals surface area contributed by atoms with Crippen molar-refractivity contribution in [3.05, 3.63) is 62.8 Å². The maximum absolute atomic E-state index is 12.6. The fourth-order valence-corrected chi connectivity index (χ4v) is 2.93. The average molecular weight is 323 g/mol. The largest absolute Gasteiger partial charge is 0.332 e. The summed E-state index contributed by atoms with van der Waals surface area (Å²) in [4.78, 5) is 29.8. The van der Waals surface area contributed by atoms with Crippen molar-refractivity contribution in [1.82, 2.24) is 14.1 Å². The number of benzene rings is 1. The van der Waals surface area contributed by atoms with Crippen molar-refractivity contribution in [3.63, 3.8) is 0 Å². The van der Waals surface area contributed by atoms with E-state index < -0.39 is 0 Å². The second kappa shape index (κ2) is 6.07. The smallest absolute Gasteiger partial charge is 0.277 e. The van der Waals surface area contributed by atoms with Crippen LogP contribution >= 0.6 is 0 Å². The van der Waals surface area contributed by atoms with Crippen LogP contribution in [0.4, 0.5) is 0 Å². The summed E-state index contributed by atoms with van der Waals surface area (Å²) in [5.41, 5.74) is 2.42. The van der Waals surface area contributed by atoms with Gasteiger partial charge in [-0.3, -0.25) is 13.9 Å². The number of hydrogen-bond donors (Lipinski definition) is 0. The zero-order chi connectivity index (χ0) is 17.4. The molecule has 3 aromatic rings. The molecule has 2 aromatic heterocycles. The van der Waals surface area contributed by atoms with E-state index in [1.807, 2.05) is 57.2 Å². The standard InChI is InChI=1S/C19H21N3O2/c1-12(2)11-22-17-16(18(23)21(4)19(22)24)13(3)10-15(20-17)14-8-6-5-7-9-14/h5-10,12H,11H2,1-4H3. The maximum Gasteiger partial charge on any atom is 0.332 e. The number of pyridine rings is 1. The molecule has 0 N–H and O–H groups in total. The third-order valence-electron chi connectivity index (χ3n) is 4.11. The van der Waals surface area contributed by atoms with E-state index in [1.54, 1.807) is 4.57 Å². The number of aromatic nitrogens is 3. The van der Waals surface area contributed by atoms with Gasteiger partial charge in [0, 0.05) is 19.2 Å². The Bertz CT molecular complexity index is 1010. The molecule has 0 aliphatic rings. The number of nitrogens with zero attached hydrogens (tertiary/aromatic N) is 3. The van der Waals surface area contributed by atoms with E-state index in [4.69, 9.17) is 0 Å². The first kappa shape index (κ1) is 16.2. The normalized spacial score (nSPS) is 11.4. The summed E-state index contributed by atoms with van der Waals surface area (Å²) < 4.78 is 2.78. The number of fused-ring (bicyclic) bond motifs is 1. The van der Waals surface area contributed by atoms with Crippen LogP contribution in [0, 0.1) is 12.8 Å². The van der Waals surface area contributed by atoms with E-state index >= 15 is 0 Å². The molecule has 0 aliphatic carbocycles. The molecule has 0 bridgehead atoms. The van der Waals surface area contributed by atoms with E-state index in [-0.39, 0.29) is 17.2 Å². The summed E-state index contributed by atoms with van der Waals surface area (Å²) in [6.07, 6.45) is 0. The molecule has 0 atom stereocenters. The third-order valence-corrected chi connectivity index (χ3v) is 4.11. The molecular weight excluding hydrogens is 302 g/mol. The van der Waals surface area contributed by atoms with Crippen molar-refractivity contribution in [1.29, 1.82) is 0 Å². The second-order valence-corrected chi connectivity index (χ2v) is 6.54. The molecule has 5 heteroatoms. The van der Waals surface area contributed by atoms with Gasteiger partial charge in [-0.25, -0.2) is 9.78 Å². The molecule has 0 radical (unpaired) electrons. The van der Waals surface area contributed by atoms with Gasteiger partial charge < -0.3 is 0 Å². The second-order valence-electron chi connectivity index (χ2n) is 6.54. The Morgan fingerprint density at radius 2 is 1.79 bits per heavy atom. The molecule has 2 heterocycles. The molecule has 0 spiro atoms. The van der Waals surface area contributed by atoms with Gasteiger partial charge in [-0.1, -0.05) is 44.2 Å². The predicted molar refractivity (Wildman–Crippen MR) is 96.3 cm³/mol. The molecule has 24 heavy (non-hydrogen) atoms. The molecule has 0 saturated heterocycles. The fourth-order valence-electron chi connectivity index (χ4n) is 2.93. The summed E-state index contributed by atoms with van der Waals surface area (Å²) in [5, 5.41) is 0.512. The van der Waals surface area contributed by atoms with Crippen LogP contribution in [0.2, 0.25) is 0 Å². The molecule has 5 nitrogen and oxygen atoms in total. The summed E-state index contributed by atoms with van der Waals surface area (Å²) in [5.74, 6) is 0.269. The highest BCUT2D eigenvalue weighted by atomic mass is 16.2. The lowest BCUT2D eigenvalue weighted by Gasteiger charge is -2.15. The molecule has 0 saturated carbocycles. The van der Waals surface area contributed by atoms with Crippen LogP contribution in [-0.4, -0.2) is 14.1 Å². The molecule has 0 aliphatic heterocycles. The van der Waals surface area contributed by atoms with Gasteiger partial charge in [0.05, 0.1) is 11.1 Å². The van der Waals surface area contributed by atoms with E-state index in [0.717, 1.165) is 16.8 Å². The highest BCUT2D eigenvalue weighted by Gasteiger charge is 2.16. The van der Waals surface area contributed by atoms with Crippen LogP contribution in [0.1, 0.15) is 19.4 Å². The van der Waals surface area contributed by atoms with Gasteiger partial charge in [-0.2, -0.15) is 0 Å². The SMILES string of the molecule is Cc1cc(-c2ccccc2)nc2c1c(=O)n(C)c(=O)n2CC(C)C. The highest BCUT2D eigenvalue weighted by molar-refractivity contribution is 5.81. The van der Waals surface area contributed by atoms with Crippen molar-refractivity contribution in [3.8, 4) is 11.3 Å².